The van der Waals surface area contributed by atoms with E-state index in [0.717, 1.165) is 5.56 Å². The molecule has 1 aromatic carbocycles. The van der Waals surface area contributed by atoms with Gasteiger partial charge in [0.05, 0.1) is 5.92 Å². The fourth-order valence-electron chi connectivity index (χ4n) is 3.00. The van der Waals surface area contributed by atoms with Gasteiger partial charge in [-0.15, -0.1) is 10.2 Å². The van der Waals surface area contributed by atoms with E-state index in [1.54, 1.807) is 6.92 Å². The quantitative estimate of drug-likeness (QED) is 0.854. The Bertz CT molecular complexity index is 738. The van der Waals surface area contributed by atoms with E-state index < -0.39 is 12.0 Å². The normalized spacial score (nSPS) is 21.5. The highest BCUT2D eigenvalue weighted by atomic mass is 16.4. The van der Waals surface area contributed by atoms with Gasteiger partial charge in [0.1, 0.15) is 6.04 Å². The van der Waals surface area contributed by atoms with Crippen LogP contribution in [0, 0.1) is 5.92 Å². The van der Waals surface area contributed by atoms with E-state index in [1.807, 2.05) is 30.3 Å². The van der Waals surface area contributed by atoms with E-state index in [9.17, 15) is 9.59 Å². The van der Waals surface area contributed by atoms with Gasteiger partial charge in [-0.3, -0.25) is 9.59 Å². The molecule has 1 heterocycles. The average Bonchev–Trinajstić information content (AvgIpc) is 3.12. The van der Waals surface area contributed by atoms with Crippen molar-refractivity contribution in [1.82, 2.24) is 25.5 Å². The fraction of sp³-hybridized carbons (Fsp3) is 0.471. The third kappa shape index (κ3) is 4.01. The number of hydrogen-bond acceptors (Lipinski definition) is 5. The van der Waals surface area contributed by atoms with Gasteiger partial charge in [-0.1, -0.05) is 30.3 Å². The molecule has 1 aliphatic rings. The molecule has 1 saturated carbocycles. The van der Waals surface area contributed by atoms with Gasteiger partial charge in [0.15, 0.2) is 0 Å². The number of carboxylic acids is 1. The van der Waals surface area contributed by atoms with E-state index in [0.29, 0.717) is 31.5 Å². The molecule has 0 saturated heterocycles. The lowest BCUT2D eigenvalue weighted by atomic mass is 9.86. The highest BCUT2D eigenvalue weighted by molar-refractivity contribution is 5.80. The Hall–Kier alpha value is -2.77. The number of carbonyl (C=O) groups is 2. The van der Waals surface area contributed by atoms with Gasteiger partial charge >= 0.3 is 5.97 Å². The summed E-state index contributed by atoms with van der Waals surface area (Å²) in [5.41, 5.74) is 0.841. The van der Waals surface area contributed by atoms with Crippen LogP contribution in [-0.4, -0.2) is 43.2 Å². The first-order valence-electron chi connectivity index (χ1n) is 8.42. The largest absolute Gasteiger partial charge is 0.481 e. The third-order valence-corrected chi connectivity index (χ3v) is 4.61. The maximum absolute atomic E-state index is 12.4. The monoisotopic (exact) mass is 343 g/mol. The molecule has 1 atom stereocenters. The van der Waals surface area contributed by atoms with Crippen LogP contribution in [0.2, 0.25) is 0 Å². The number of rotatable bonds is 5. The Kier molecular flexibility index (Phi) is 5.06. The maximum atomic E-state index is 12.4. The van der Waals surface area contributed by atoms with Gasteiger partial charge in [0.2, 0.25) is 11.7 Å². The Labute approximate surface area is 145 Å². The predicted octanol–water partition coefficient (Wildman–Crippen LogP) is 1.66. The number of nitrogens with zero attached hydrogens (tertiary/aromatic N) is 4. The van der Waals surface area contributed by atoms with Crippen LogP contribution in [0.5, 0.6) is 0 Å². The summed E-state index contributed by atoms with van der Waals surface area (Å²) in [6.07, 6.45) is 2.54. The summed E-state index contributed by atoms with van der Waals surface area (Å²) in [5, 5.41) is 24.3. The predicted molar refractivity (Wildman–Crippen MR) is 89.5 cm³/mol. The Morgan fingerprint density at radius 3 is 2.52 bits per heavy atom. The minimum absolute atomic E-state index is 0.00247. The second kappa shape index (κ2) is 7.42. The van der Waals surface area contributed by atoms with E-state index in [4.69, 9.17) is 5.11 Å². The molecule has 0 aliphatic heterocycles. The van der Waals surface area contributed by atoms with Crippen molar-refractivity contribution in [1.29, 1.82) is 0 Å². The Morgan fingerprint density at radius 2 is 1.88 bits per heavy atom. The fourth-order valence-corrected chi connectivity index (χ4v) is 3.00. The number of carbonyl (C=O) groups excluding carboxylic acids is 1. The summed E-state index contributed by atoms with van der Waals surface area (Å²) in [5.74, 6) is -0.757. The van der Waals surface area contributed by atoms with Gasteiger partial charge in [0.25, 0.3) is 0 Å². The molecular formula is C17H21N5O3. The van der Waals surface area contributed by atoms with Crippen molar-refractivity contribution in [2.24, 2.45) is 5.92 Å². The van der Waals surface area contributed by atoms with Crippen molar-refractivity contribution in [2.45, 2.75) is 44.7 Å². The van der Waals surface area contributed by atoms with Crippen LogP contribution in [0.3, 0.4) is 0 Å². The molecule has 132 valence electrons. The summed E-state index contributed by atoms with van der Waals surface area (Å²) < 4.78 is 0. The summed E-state index contributed by atoms with van der Waals surface area (Å²) >= 11 is 0. The molecule has 1 aliphatic carbocycles. The Balaban J connectivity index is 1.58. The molecule has 2 N–H and O–H groups in total. The number of amides is 1. The standard InChI is InChI=1S/C17H21N5O3/c1-11(16(23)18-14-9-7-13(8-10-14)17(24)25)22-20-15(19-21-22)12-5-3-2-4-6-12/h2-6,11,13-14H,7-10H2,1H3,(H,18,23)(H,24,25). The van der Waals surface area contributed by atoms with Gasteiger partial charge in [0, 0.05) is 11.6 Å². The molecule has 1 fully saturated rings. The molecule has 3 rings (SSSR count). The van der Waals surface area contributed by atoms with Crippen LogP contribution in [-0.2, 0) is 9.59 Å². The number of hydrogen-bond donors (Lipinski definition) is 2. The highest BCUT2D eigenvalue weighted by Gasteiger charge is 2.28. The SMILES string of the molecule is CC(C(=O)NC1CCC(C(=O)O)CC1)n1nnc(-c2ccccc2)n1. The molecule has 0 bridgehead atoms. The lowest BCUT2D eigenvalue weighted by Crippen LogP contribution is -2.42. The zero-order valence-electron chi connectivity index (χ0n) is 14.0. The molecule has 1 aromatic heterocycles. The first-order chi connectivity index (χ1) is 12.0. The molecule has 1 unspecified atom stereocenters. The first-order valence-corrected chi connectivity index (χ1v) is 8.42. The number of nitrogens with one attached hydrogen (secondary N) is 1. The number of tetrazole rings is 1. The van der Waals surface area contributed by atoms with Gasteiger partial charge in [-0.05, 0) is 37.8 Å². The van der Waals surface area contributed by atoms with Gasteiger partial charge in [-0.2, -0.15) is 4.80 Å². The number of aliphatic carboxylic acids is 1. The molecule has 0 radical (unpaired) electrons. The molecule has 1 amide bonds. The second-order valence-corrected chi connectivity index (χ2v) is 6.37. The molecule has 2 aromatic rings. The average molecular weight is 343 g/mol. The van der Waals surface area contributed by atoms with Crippen molar-refractivity contribution in [3.05, 3.63) is 30.3 Å². The zero-order chi connectivity index (χ0) is 17.8. The van der Waals surface area contributed by atoms with Gasteiger partial charge in [-0.25, -0.2) is 0 Å². The molecule has 8 nitrogen and oxygen atoms in total. The zero-order valence-corrected chi connectivity index (χ0v) is 14.0. The van der Waals surface area contributed by atoms with Crippen LogP contribution < -0.4 is 5.32 Å². The smallest absolute Gasteiger partial charge is 0.306 e. The van der Waals surface area contributed by atoms with Crippen molar-refractivity contribution < 1.29 is 14.7 Å². The molecular weight excluding hydrogens is 322 g/mol. The van der Waals surface area contributed by atoms with E-state index in [1.165, 1.54) is 4.80 Å². The molecule has 25 heavy (non-hydrogen) atoms. The number of carboxylic acid groups (broad SMARTS) is 1. The van der Waals surface area contributed by atoms with Crippen LogP contribution in [0.4, 0.5) is 0 Å². The summed E-state index contributed by atoms with van der Waals surface area (Å²) in [7, 11) is 0. The highest BCUT2D eigenvalue weighted by Crippen LogP contribution is 2.24. The van der Waals surface area contributed by atoms with E-state index >= 15 is 0 Å². The number of benzene rings is 1. The summed E-state index contributed by atoms with van der Waals surface area (Å²) in [6.45, 7) is 1.72. The van der Waals surface area contributed by atoms with E-state index in [2.05, 4.69) is 20.7 Å². The minimum Gasteiger partial charge on any atom is -0.481 e. The van der Waals surface area contributed by atoms with Crippen LogP contribution in [0.1, 0.15) is 38.6 Å². The topological polar surface area (TPSA) is 110 Å². The van der Waals surface area contributed by atoms with Crippen LogP contribution in [0.15, 0.2) is 30.3 Å². The second-order valence-electron chi connectivity index (χ2n) is 6.37. The lowest BCUT2D eigenvalue weighted by Gasteiger charge is -2.27. The first kappa shape index (κ1) is 17.1. The summed E-state index contributed by atoms with van der Waals surface area (Å²) in [6, 6.07) is 8.87. The Morgan fingerprint density at radius 1 is 1.20 bits per heavy atom. The minimum atomic E-state index is -0.751. The van der Waals surface area contributed by atoms with E-state index in [-0.39, 0.29) is 17.9 Å². The van der Waals surface area contributed by atoms with Gasteiger partial charge < -0.3 is 10.4 Å². The van der Waals surface area contributed by atoms with Crippen molar-refractivity contribution in [3.8, 4) is 11.4 Å². The molecule has 8 heteroatoms. The van der Waals surface area contributed by atoms with Crippen LogP contribution >= 0.6 is 0 Å². The van der Waals surface area contributed by atoms with Crippen molar-refractivity contribution >= 4 is 11.9 Å². The van der Waals surface area contributed by atoms with Crippen molar-refractivity contribution in [2.75, 3.05) is 0 Å². The van der Waals surface area contributed by atoms with Crippen molar-refractivity contribution in [3.63, 3.8) is 0 Å². The lowest BCUT2D eigenvalue weighted by molar-refractivity contribution is -0.142. The van der Waals surface area contributed by atoms with Crippen LogP contribution in [0.25, 0.3) is 11.4 Å². The third-order valence-electron chi connectivity index (χ3n) is 4.61. The maximum Gasteiger partial charge on any atom is 0.306 e. The molecule has 0 spiro atoms. The summed E-state index contributed by atoms with van der Waals surface area (Å²) in [4.78, 5) is 24.7. The number of aromatic nitrogens is 4.